The van der Waals surface area contributed by atoms with Crippen molar-refractivity contribution < 1.29 is 19.5 Å². The molecule has 1 aliphatic heterocycles. The van der Waals surface area contributed by atoms with Crippen molar-refractivity contribution in [1.82, 2.24) is 4.90 Å². The van der Waals surface area contributed by atoms with Crippen LogP contribution in [0.1, 0.15) is 6.92 Å². The summed E-state index contributed by atoms with van der Waals surface area (Å²) in [6.45, 7) is 2.60. The predicted octanol–water partition coefficient (Wildman–Crippen LogP) is -0.133. The maximum atomic E-state index is 12.3. The molecule has 2 rings (SSSR count). The first-order valence-electron chi connectivity index (χ1n) is 6.37. The highest BCUT2D eigenvalue weighted by Crippen LogP contribution is 2.30. The number of esters is 1. The summed E-state index contributed by atoms with van der Waals surface area (Å²) in [6, 6.07) is 0. The Hall–Kier alpha value is -2.31. The second kappa shape index (κ2) is 5.77. The second-order valence-corrected chi connectivity index (χ2v) is 4.68. The molecule has 2 atom stereocenters. The van der Waals surface area contributed by atoms with Crippen molar-refractivity contribution >= 4 is 17.6 Å². The Morgan fingerprint density at radius 2 is 2.40 bits per heavy atom. The summed E-state index contributed by atoms with van der Waals surface area (Å²) in [5.74, 6) is -1.62. The van der Waals surface area contributed by atoms with Gasteiger partial charge in [-0.15, -0.1) is 0 Å². The normalized spacial score (nSPS) is 25.4. The number of amidine groups is 1. The Kier molecular flexibility index (Phi) is 4.07. The molecule has 0 spiro atoms. The Bertz CT molecular complexity index is 510. The average molecular weight is 279 g/mol. The van der Waals surface area contributed by atoms with Crippen LogP contribution in [0.2, 0.25) is 0 Å². The van der Waals surface area contributed by atoms with Crippen LogP contribution in [0.25, 0.3) is 0 Å². The van der Waals surface area contributed by atoms with Crippen LogP contribution >= 0.6 is 0 Å². The van der Waals surface area contributed by atoms with Crippen molar-refractivity contribution in [3.63, 3.8) is 0 Å². The summed E-state index contributed by atoms with van der Waals surface area (Å²) in [5.41, 5.74) is 6.33. The highest BCUT2D eigenvalue weighted by molar-refractivity contribution is 6.08. The first-order valence-corrected chi connectivity index (χ1v) is 6.37. The van der Waals surface area contributed by atoms with Crippen LogP contribution in [-0.2, 0) is 14.3 Å². The number of hydrogen-bond acceptors (Lipinski definition) is 6. The van der Waals surface area contributed by atoms with Crippen LogP contribution in [0.15, 0.2) is 29.1 Å². The summed E-state index contributed by atoms with van der Waals surface area (Å²) in [4.78, 5) is 25.4. The molecule has 2 unspecified atom stereocenters. The van der Waals surface area contributed by atoms with Crippen molar-refractivity contribution in [2.45, 2.75) is 6.92 Å². The molecule has 0 aromatic carbocycles. The topological polar surface area (TPSA) is 105 Å². The number of carbonyl (C=O) groups excluding carboxylic acids is 2. The first-order chi connectivity index (χ1) is 9.56. The van der Waals surface area contributed by atoms with Gasteiger partial charge in [0.15, 0.2) is 11.6 Å². The Morgan fingerprint density at radius 3 is 3.05 bits per heavy atom. The fourth-order valence-electron chi connectivity index (χ4n) is 2.41. The molecule has 0 fully saturated rings. The number of fused-ring (bicyclic) bond motifs is 1. The van der Waals surface area contributed by atoms with Gasteiger partial charge in [-0.2, -0.15) is 0 Å². The largest absolute Gasteiger partial charge is 0.465 e. The van der Waals surface area contributed by atoms with E-state index in [1.54, 1.807) is 30.2 Å². The zero-order valence-corrected chi connectivity index (χ0v) is 11.2. The van der Waals surface area contributed by atoms with Crippen LogP contribution in [0.4, 0.5) is 0 Å². The third kappa shape index (κ3) is 2.66. The van der Waals surface area contributed by atoms with Gasteiger partial charge in [0, 0.05) is 12.7 Å². The Labute approximate surface area is 116 Å². The van der Waals surface area contributed by atoms with Gasteiger partial charge in [-0.1, -0.05) is 17.3 Å². The molecule has 3 N–H and O–H groups in total. The maximum Gasteiger partial charge on any atom is 0.325 e. The van der Waals surface area contributed by atoms with Crippen molar-refractivity contribution in [3.05, 3.63) is 23.9 Å². The molecule has 0 bridgehead atoms. The summed E-state index contributed by atoms with van der Waals surface area (Å²) in [7, 11) is 0. The van der Waals surface area contributed by atoms with Crippen LogP contribution in [0.3, 0.4) is 0 Å². The molecular formula is C13H17N3O4. The van der Waals surface area contributed by atoms with Crippen LogP contribution < -0.4 is 5.73 Å². The van der Waals surface area contributed by atoms with E-state index in [-0.39, 0.29) is 30.1 Å². The van der Waals surface area contributed by atoms with E-state index in [1.165, 1.54) is 0 Å². The highest BCUT2D eigenvalue weighted by Gasteiger charge is 2.37. The lowest BCUT2D eigenvalue weighted by Gasteiger charge is -2.22. The Morgan fingerprint density at radius 1 is 1.65 bits per heavy atom. The van der Waals surface area contributed by atoms with E-state index >= 15 is 0 Å². The van der Waals surface area contributed by atoms with E-state index in [4.69, 9.17) is 15.7 Å². The summed E-state index contributed by atoms with van der Waals surface area (Å²) >= 11 is 0. The lowest BCUT2D eigenvalue weighted by molar-refractivity contribution is -0.144. The lowest BCUT2D eigenvalue weighted by Crippen LogP contribution is -2.38. The van der Waals surface area contributed by atoms with Gasteiger partial charge in [-0.05, 0) is 12.5 Å². The van der Waals surface area contributed by atoms with E-state index in [0.29, 0.717) is 13.2 Å². The zero-order chi connectivity index (χ0) is 14.7. The number of allylic oxidation sites excluding steroid dienone is 1. The minimum atomic E-state index is -0.704. The van der Waals surface area contributed by atoms with Gasteiger partial charge >= 0.3 is 5.97 Å². The molecular weight excluding hydrogens is 262 g/mol. The lowest BCUT2D eigenvalue weighted by atomic mass is 9.83. The molecule has 20 heavy (non-hydrogen) atoms. The number of oxime groups is 1. The molecule has 0 amide bonds. The van der Waals surface area contributed by atoms with E-state index in [9.17, 15) is 9.59 Å². The molecule has 1 aliphatic carbocycles. The van der Waals surface area contributed by atoms with Crippen LogP contribution in [0.5, 0.6) is 0 Å². The monoisotopic (exact) mass is 279 g/mol. The molecule has 0 aromatic rings. The van der Waals surface area contributed by atoms with Gasteiger partial charge in [-0.25, -0.2) is 0 Å². The minimum absolute atomic E-state index is 0.114. The predicted molar refractivity (Wildman–Crippen MR) is 70.8 cm³/mol. The minimum Gasteiger partial charge on any atom is -0.465 e. The average Bonchev–Trinajstić information content (AvgIpc) is 2.82. The summed E-state index contributed by atoms with van der Waals surface area (Å²) < 4.78 is 4.88. The fourth-order valence-corrected chi connectivity index (χ4v) is 2.41. The van der Waals surface area contributed by atoms with E-state index in [2.05, 4.69) is 5.16 Å². The summed E-state index contributed by atoms with van der Waals surface area (Å²) in [6.07, 6.45) is 5.16. The maximum absolute atomic E-state index is 12.3. The molecule has 0 aromatic heterocycles. The Balaban J connectivity index is 2.06. The molecule has 0 radical (unpaired) electrons. The fraction of sp³-hybridized carbons (Fsp3) is 0.462. The standard InChI is InChI=1S/C13H17N3O4/c1-2-20-11(17)7-16-5-8-3-4-9(13(14)15-19)12(18)10(8)6-16/h3-5,9-10,19H,2,6-7H2,1H3,(H2,14,15). The second-order valence-electron chi connectivity index (χ2n) is 4.68. The molecule has 2 aliphatic rings. The quantitative estimate of drug-likeness (QED) is 0.244. The number of ketones is 1. The smallest absolute Gasteiger partial charge is 0.325 e. The highest BCUT2D eigenvalue weighted by atomic mass is 16.5. The SMILES string of the molecule is CCOC(=O)CN1C=C2C=CC(C(N)=NO)C(=O)C2C1. The van der Waals surface area contributed by atoms with Crippen LogP contribution in [0, 0.1) is 11.8 Å². The number of nitrogens with zero attached hydrogens (tertiary/aromatic N) is 2. The van der Waals surface area contributed by atoms with E-state index in [0.717, 1.165) is 5.57 Å². The van der Waals surface area contributed by atoms with E-state index in [1.807, 2.05) is 0 Å². The van der Waals surface area contributed by atoms with Gasteiger partial charge in [0.1, 0.15) is 6.54 Å². The van der Waals surface area contributed by atoms with Gasteiger partial charge in [0.2, 0.25) is 0 Å². The number of hydrogen-bond donors (Lipinski definition) is 2. The number of carbonyl (C=O) groups is 2. The van der Waals surface area contributed by atoms with Crippen molar-refractivity contribution in [1.29, 1.82) is 0 Å². The van der Waals surface area contributed by atoms with Crippen molar-refractivity contribution in [3.8, 4) is 0 Å². The molecule has 7 heteroatoms. The zero-order valence-electron chi connectivity index (χ0n) is 11.2. The number of nitrogens with two attached hydrogens (primary N) is 1. The van der Waals surface area contributed by atoms with Gasteiger partial charge in [0.25, 0.3) is 0 Å². The molecule has 108 valence electrons. The number of ether oxygens (including phenoxy) is 1. The van der Waals surface area contributed by atoms with Crippen molar-refractivity contribution in [2.75, 3.05) is 19.7 Å². The summed E-state index contributed by atoms with van der Waals surface area (Å²) in [5, 5.41) is 11.5. The van der Waals surface area contributed by atoms with Gasteiger partial charge in [0.05, 0.1) is 18.4 Å². The van der Waals surface area contributed by atoms with Crippen molar-refractivity contribution in [2.24, 2.45) is 22.7 Å². The third-order valence-electron chi connectivity index (χ3n) is 3.35. The third-order valence-corrected chi connectivity index (χ3v) is 3.35. The van der Waals surface area contributed by atoms with Gasteiger partial charge < -0.3 is 20.6 Å². The molecule has 1 heterocycles. The molecule has 0 saturated heterocycles. The first kappa shape index (κ1) is 14.1. The number of Topliss-reactive ketones (excluding diaryl/α,β-unsaturated/α-hetero) is 1. The molecule has 0 saturated carbocycles. The van der Waals surface area contributed by atoms with E-state index < -0.39 is 5.92 Å². The van der Waals surface area contributed by atoms with Crippen LogP contribution in [-0.4, -0.2) is 47.4 Å². The van der Waals surface area contributed by atoms with Gasteiger partial charge in [-0.3, -0.25) is 9.59 Å². The number of rotatable bonds is 4. The molecule has 7 nitrogen and oxygen atoms in total.